The van der Waals surface area contributed by atoms with Crippen molar-refractivity contribution in [3.05, 3.63) is 33.3 Å². The number of aromatic nitrogens is 2. The van der Waals surface area contributed by atoms with Gasteiger partial charge in [0.05, 0.1) is 6.04 Å². The molecule has 4 nitrogen and oxygen atoms in total. The summed E-state index contributed by atoms with van der Waals surface area (Å²) in [6, 6.07) is 4.44. The van der Waals surface area contributed by atoms with Crippen LogP contribution in [-0.2, 0) is 0 Å². The summed E-state index contributed by atoms with van der Waals surface area (Å²) < 4.78 is 0. The second kappa shape index (κ2) is 6.43. The highest BCUT2D eigenvalue weighted by Gasteiger charge is 2.13. The first-order valence-electron chi connectivity index (χ1n) is 7.31. The van der Waals surface area contributed by atoms with E-state index in [2.05, 4.69) is 61.3 Å². The number of hydrogen-bond donors (Lipinski definition) is 2. The number of anilines is 2. The van der Waals surface area contributed by atoms with Gasteiger partial charge < -0.3 is 10.6 Å². The van der Waals surface area contributed by atoms with Crippen LogP contribution in [0.3, 0.4) is 0 Å². The van der Waals surface area contributed by atoms with E-state index in [1.165, 1.54) is 15.3 Å². The van der Waals surface area contributed by atoms with Crippen LogP contribution in [0.15, 0.2) is 12.1 Å². The summed E-state index contributed by atoms with van der Waals surface area (Å²) in [7, 11) is 1.88. The highest BCUT2D eigenvalue weighted by Crippen LogP contribution is 2.28. The Morgan fingerprint density at radius 3 is 2.24 bits per heavy atom. The third-order valence-corrected chi connectivity index (χ3v) is 4.41. The maximum Gasteiger partial charge on any atom is 0.135 e. The first-order valence-corrected chi connectivity index (χ1v) is 8.12. The first kappa shape index (κ1) is 15.8. The van der Waals surface area contributed by atoms with Crippen LogP contribution >= 0.6 is 11.3 Å². The fourth-order valence-electron chi connectivity index (χ4n) is 2.31. The topological polar surface area (TPSA) is 49.8 Å². The lowest BCUT2D eigenvalue weighted by Crippen LogP contribution is -2.11. The molecule has 5 heteroatoms. The fourth-order valence-corrected chi connectivity index (χ4v) is 3.33. The lowest BCUT2D eigenvalue weighted by Gasteiger charge is -2.17. The molecule has 2 N–H and O–H groups in total. The minimum absolute atomic E-state index is 0.231. The van der Waals surface area contributed by atoms with Crippen LogP contribution in [0, 0.1) is 13.8 Å². The summed E-state index contributed by atoms with van der Waals surface area (Å²) in [4.78, 5) is 11.8. The lowest BCUT2D eigenvalue weighted by molar-refractivity contribution is 0.769. The molecule has 0 aliphatic carbocycles. The van der Waals surface area contributed by atoms with Crippen LogP contribution < -0.4 is 10.6 Å². The Labute approximate surface area is 131 Å². The molecule has 0 bridgehead atoms. The van der Waals surface area contributed by atoms with Gasteiger partial charge in [0.15, 0.2) is 0 Å². The van der Waals surface area contributed by atoms with Crippen molar-refractivity contribution in [1.82, 2.24) is 9.97 Å². The standard InChI is InChI=1S/C16H24N4S/c1-9(2)16-19-14(17-6)8-15(20-16)18-11(4)13-7-10(3)21-12(13)5/h7-9,11H,1-6H3,(H2,17,18,19,20). The predicted molar refractivity (Wildman–Crippen MR) is 91.5 cm³/mol. The van der Waals surface area contributed by atoms with E-state index in [1.807, 2.05) is 24.5 Å². The van der Waals surface area contributed by atoms with Gasteiger partial charge in [0.2, 0.25) is 0 Å². The summed E-state index contributed by atoms with van der Waals surface area (Å²) in [5, 5.41) is 6.60. The van der Waals surface area contributed by atoms with Crippen molar-refractivity contribution in [2.75, 3.05) is 17.7 Å². The van der Waals surface area contributed by atoms with Crippen molar-refractivity contribution in [3.8, 4) is 0 Å². The molecule has 2 aromatic heterocycles. The highest BCUT2D eigenvalue weighted by molar-refractivity contribution is 7.12. The number of hydrogen-bond acceptors (Lipinski definition) is 5. The largest absolute Gasteiger partial charge is 0.373 e. The van der Waals surface area contributed by atoms with Gasteiger partial charge in [0, 0.05) is 28.8 Å². The Hall–Kier alpha value is -1.62. The Bertz CT molecular complexity index is 619. The molecule has 0 fully saturated rings. The van der Waals surface area contributed by atoms with Gasteiger partial charge in [0.1, 0.15) is 17.5 Å². The normalized spacial score (nSPS) is 12.5. The van der Waals surface area contributed by atoms with Gasteiger partial charge >= 0.3 is 0 Å². The number of thiophene rings is 1. The van der Waals surface area contributed by atoms with Crippen molar-refractivity contribution in [3.63, 3.8) is 0 Å². The summed E-state index contributed by atoms with van der Waals surface area (Å²) in [6.07, 6.45) is 0. The molecule has 0 amide bonds. The van der Waals surface area contributed by atoms with E-state index in [0.29, 0.717) is 5.92 Å². The molecule has 0 saturated heterocycles. The third-order valence-electron chi connectivity index (χ3n) is 3.43. The van der Waals surface area contributed by atoms with E-state index in [4.69, 9.17) is 0 Å². The zero-order valence-corrected chi connectivity index (χ0v) is 14.4. The number of aryl methyl sites for hydroxylation is 2. The van der Waals surface area contributed by atoms with Crippen molar-refractivity contribution in [1.29, 1.82) is 0 Å². The maximum atomic E-state index is 4.62. The van der Waals surface area contributed by atoms with Gasteiger partial charge in [0.25, 0.3) is 0 Å². The Balaban J connectivity index is 2.26. The van der Waals surface area contributed by atoms with Crippen LogP contribution in [-0.4, -0.2) is 17.0 Å². The van der Waals surface area contributed by atoms with Gasteiger partial charge in [-0.05, 0) is 32.4 Å². The zero-order valence-electron chi connectivity index (χ0n) is 13.6. The monoisotopic (exact) mass is 304 g/mol. The Kier molecular flexibility index (Phi) is 4.83. The highest BCUT2D eigenvalue weighted by atomic mass is 32.1. The van der Waals surface area contributed by atoms with Crippen LogP contribution in [0.5, 0.6) is 0 Å². The van der Waals surface area contributed by atoms with E-state index in [1.54, 1.807) is 0 Å². The molecule has 21 heavy (non-hydrogen) atoms. The molecule has 1 atom stereocenters. The fraction of sp³-hybridized carbons (Fsp3) is 0.500. The molecule has 1 unspecified atom stereocenters. The molecule has 0 aromatic carbocycles. The minimum Gasteiger partial charge on any atom is -0.373 e. The van der Waals surface area contributed by atoms with Gasteiger partial charge in [-0.25, -0.2) is 9.97 Å². The van der Waals surface area contributed by atoms with Gasteiger partial charge in [-0.15, -0.1) is 11.3 Å². The van der Waals surface area contributed by atoms with E-state index < -0.39 is 0 Å². The average molecular weight is 304 g/mol. The van der Waals surface area contributed by atoms with E-state index in [0.717, 1.165) is 17.5 Å². The quantitative estimate of drug-likeness (QED) is 0.854. The minimum atomic E-state index is 0.231. The second-order valence-corrected chi connectivity index (χ2v) is 7.10. The molecule has 114 valence electrons. The molecular formula is C16H24N4S. The molecule has 2 aromatic rings. The predicted octanol–water partition coefficient (Wildman–Crippen LogP) is 4.49. The average Bonchev–Trinajstić information content (AvgIpc) is 2.77. The SMILES string of the molecule is CNc1cc(NC(C)c2cc(C)sc2C)nc(C(C)C)n1. The Morgan fingerprint density at radius 2 is 1.71 bits per heavy atom. The molecule has 0 spiro atoms. The van der Waals surface area contributed by atoms with Crippen molar-refractivity contribution < 1.29 is 0 Å². The third kappa shape index (κ3) is 3.73. The number of rotatable bonds is 5. The van der Waals surface area contributed by atoms with E-state index >= 15 is 0 Å². The molecule has 2 rings (SSSR count). The van der Waals surface area contributed by atoms with Crippen molar-refractivity contribution >= 4 is 23.0 Å². The molecule has 0 aliphatic rings. The van der Waals surface area contributed by atoms with Gasteiger partial charge in [-0.1, -0.05) is 13.8 Å². The van der Waals surface area contributed by atoms with E-state index in [-0.39, 0.29) is 6.04 Å². The zero-order chi connectivity index (χ0) is 15.6. The van der Waals surface area contributed by atoms with Gasteiger partial charge in [-0.2, -0.15) is 0 Å². The van der Waals surface area contributed by atoms with Crippen LogP contribution in [0.1, 0.15) is 53.9 Å². The van der Waals surface area contributed by atoms with Crippen LogP contribution in [0.2, 0.25) is 0 Å². The second-order valence-electron chi connectivity index (χ2n) is 5.64. The smallest absolute Gasteiger partial charge is 0.135 e. The lowest BCUT2D eigenvalue weighted by atomic mass is 10.1. The van der Waals surface area contributed by atoms with Crippen molar-refractivity contribution in [2.24, 2.45) is 0 Å². The van der Waals surface area contributed by atoms with Crippen LogP contribution in [0.4, 0.5) is 11.6 Å². The summed E-state index contributed by atoms with van der Waals surface area (Å²) >= 11 is 1.84. The van der Waals surface area contributed by atoms with Crippen LogP contribution in [0.25, 0.3) is 0 Å². The molecule has 0 radical (unpaired) electrons. The van der Waals surface area contributed by atoms with Crippen molar-refractivity contribution in [2.45, 2.75) is 46.6 Å². The molecule has 2 heterocycles. The number of nitrogens with one attached hydrogen (secondary N) is 2. The van der Waals surface area contributed by atoms with E-state index in [9.17, 15) is 0 Å². The number of nitrogens with zero attached hydrogens (tertiary/aromatic N) is 2. The Morgan fingerprint density at radius 1 is 1.05 bits per heavy atom. The molecule has 0 saturated carbocycles. The maximum absolute atomic E-state index is 4.62. The van der Waals surface area contributed by atoms with Gasteiger partial charge in [-0.3, -0.25) is 0 Å². The molecular weight excluding hydrogens is 280 g/mol. The first-order chi connectivity index (χ1) is 9.90. The summed E-state index contributed by atoms with van der Waals surface area (Å²) in [5.74, 6) is 2.88. The summed E-state index contributed by atoms with van der Waals surface area (Å²) in [6.45, 7) is 10.7. The summed E-state index contributed by atoms with van der Waals surface area (Å²) in [5.41, 5.74) is 1.34. The molecule has 0 aliphatic heterocycles.